The fourth-order valence-corrected chi connectivity index (χ4v) is 5.06. The summed E-state index contributed by atoms with van der Waals surface area (Å²) >= 11 is 0. The Morgan fingerprint density at radius 3 is 2.33 bits per heavy atom. The number of nitrogens with zero attached hydrogens (tertiary/aromatic N) is 1. The van der Waals surface area contributed by atoms with Crippen LogP contribution in [0.5, 0.6) is 5.75 Å². The van der Waals surface area contributed by atoms with Gasteiger partial charge in [-0.1, -0.05) is 42.5 Å². The Hall–Kier alpha value is -3.16. The van der Waals surface area contributed by atoms with E-state index in [9.17, 15) is 13.2 Å². The van der Waals surface area contributed by atoms with Crippen molar-refractivity contribution in [3.05, 3.63) is 89.0 Å². The minimum absolute atomic E-state index is 0.133. The van der Waals surface area contributed by atoms with Gasteiger partial charge in [0.15, 0.2) is 0 Å². The first-order valence-corrected chi connectivity index (χ1v) is 12.2. The third kappa shape index (κ3) is 6.00. The highest BCUT2D eigenvalue weighted by Crippen LogP contribution is 2.24. The molecule has 0 unspecified atom stereocenters. The van der Waals surface area contributed by atoms with Crippen molar-refractivity contribution in [3.8, 4) is 5.75 Å². The SMILES string of the molecule is COc1ccc(S(=O)(=O)N(CCc2ccccc2)CC(=O)Nc2cccc(C)c2C)cc1C. The van der Waals surface area contributed by atoms with Gasteiger partial charge in [-0.05, 0) is 73.7 Å². The summed E-state index contributed by atoms with van der Waals surface area (Å²) in [5, 5.41) is 2.87. The minimum atomic E-state index is -3.91. The lowest BCUT2D eigenvalue weighted by Crippen LogP contribution is -2.39. The molecule has 33 heavy (non-hydrogen) atoms. The molecule has 0 radical (unpaired) electrons. The van der Waals surface area contributed by atoms with Crippen molar-refractivity contribution in [3.63, 3.8) is 0 Å². The van der Waals surface area contributed by atoms with Crippen LogP contribution < -0.4 is 10.1 Å². The summed E-state index contributed by atoms with van der Waals surface area (Å²) in [4.78, 5) is 13.0. The molecule has 0 aliphatic rings. The average molecular weight is 467 g/mol. The van der Waals surface area contributed by atoms with Crippen molar-refractivity contribution in [1.82, 2.24) is 4.31 Å². The second kappa shape index (κ2) is 10.6. The van der Waals surface area contributed by atoms with Crippen molar-refractivity contribution in [1.29, 1.82) is 0 Å². The third-order valence-electron chi connectivity index (χ3n) is 5.70. The van der Waals surface area contributed by atoms with Crippen LogP contribution in [0.25, 0.3) is 0 Å². The molecule has 6 nitrogen and oxygen atoms in total. The van der Waals surface area contributed by atoms with E-state index in [0.717, 1.165) is 16.7 Å². The van der Waals surface area contributed by atoms with Crippen LogP contribution in [0, 0.1) is 20.8 Å². The molecule has 3 aromatic rings. The van der Waals surface area contributed by atoms with E-state index in [1.807, 2.05) is 62.4 Å². The highest BCUT2D eigenvalue weighted by Gasteiger charge is 2.27. The molecule has 0 aliphatic heterocycles. The first-order valence-electron chi connectivity index (χ1n) is 10.8. The number of hydrogen-bond acceptors (Lipinski definition) is 4. The number of carbonyl (C=O) groups is 1. The monoisotopic (exact) mass is 466 g/mol. The lowest BCUT2D eigenvalue weighted by molar-refractivity contribution is -0.116. The molecular formula is C26H30N2O4S. The van der Waals surface area contributed by atoms with Gasteiger partial charge in [-0.15, -0.1) is 0 Å². The highest BCUT2D eigenvalue weighted by atomic mass is 32.2. The fraction of sp³-hybridized carbons (Fsp3) is 0.269. The number of aryl methyl sites for hydroxylation is 2. The lowest BCUT2D eigenvalue weighted by Gasteiger charge is -2.23. The molecule has 0 fully saturated rings. The van der Waals surface area contributed by atoms with E-state index in [2.05, 4.69) is 5.32 Å². The molecule has 0 atom stereocenters. The zero-order valence-corrected chi connectivity index (χ0v) is 20.3. The summed E-state index contributed by atoms with van der Waals surface area (Å²) in [6.07, 6.45) is 0.492. The van der Waals surface area contributed by atoms with E-state index < -0.39 is 10.0 Å². The molecule has 0 saturated carbocycles. The van der Waals surface area contributed by atoms with Gasteiger partial charge in [0.05, 0.1) is 18.6 Å². The van der Waals surface area contributed by atoms with Gasteiger partial charge in [0.25, 0.3) is 0 Å². The van der Waals surface area contributed by atoms with Crippen molar-refractivity contribution in [2.24, 2.45) is 0 Å². The Morgan fingerprint density at radius 1 is 0.939 bits per heavy atom. The smallest absolute Gasteiger partial charge is 0.243 e. The summed E-state index contributed by atoms with van der Waals surface area (Å²) in [6, 6.07) is 20.0. The summed E-state index contributed by atoms with van der Waals surface area (Å²) < 4.78 is 33.5. The van der Waals surface area contributed by atoms with E-state index in [0.29, 0.717) is 23.4 Å². The van der Waals surface area contributed by atoms with Crippen LogP contribution in [-0.2, 0) is 21.2 Å². The van der Waals surface area contributed by atoms with Gasteiger partial charge in [0.1, 0.15) is 5.75 Å². The number of nitrogens with one attached hydrogen (secondary N) is 1. The van der Waals surface area contributed by atoms with Crippen LogP contribution in [0.2, 0.25) is 0 Å². The van der Waals surface area contributed by atoms with Crippen molar-refractivity contribution in [2.45, 2.75) is 32.1 Å². The van der Waals surface area contributed by atoms with Crippen LogP contribution in [-0.4, -0.2) is 38.8 Å². The van der Waals surface area contributed by atoms with Crippen LogP contribution in [0.4, 0.5) is 5.69 Å². The van der Waals surface area contributed by atoms with E-state index >= 15 is 0 Å². The number of ether oxygens (including phenoxy) is 1. The number of hydrogen-bond donors (Lipinski definition) is 1. The van der Waals surface area contributed by atoms with E-state index in [1.54, 1.807) is 26.2 Å². The maximum Gasteiger partial charge on any atom is 0.243 e. The van der Waals surface area contributed by atoms with Crippen LogP contribution in [0.15, 0.2) is 71.6 Å². The number of carbonyl (C=O) groups excluding carboxylic acids is 1. The largest absolute Gasteiger partial charge is 0.496 e. The first kappa shape index (κ1) is 24.5. The zero-order valence-electron chi connectivity index (χ0n) is 19.5. The summed E-state index contributed by atoms with van der Waals surface area (Å²) in [5.74, 6) is 0.225. The summed E-state index contributed by atoms with van der Waals surface area (Å²) in [5.41, 5.74) is 4.39. The third-order valence-corrected chi connectivity index (χ3v) is 7.54. The molecule has 7 heteroatoms. The zero-order chi connectivity index (χ0) is 24.0. The quantitative estimate of drug-likeness (QED) is 0.504. The standard InChI is InChI=1S/C26H30N2O4S/c1-19-9-8-12-24(21(19)3)27-26(29)18-28(16-15-22-10-6-5-7-11-22)33(30,31)23-13-14-25(32-4)20(2)17-23/h5-14,17H,15-16,18H2,1-4H3,(H,27,29). The topological polar surface area (TPSA) is 75.7 Å². The van der Waals surface area contributed by atoms with E-state index in [-0.39, 0.29) is 23.9 Å². The Kier molecular flexibility index (Phi) is 7.89. The molecule has 0 saturated heterocycles. The second-order valence-electron chi connectivity index (χ2n) is 8.00. The van der Waals surface area contributed by atoms with Gasteiger partial charge in [-0.3, -0.25) is 4.79 Å². The van der Waals surface area contributed by atoms with E-state index in [4.69, 9.17) is 4.74 Å². The first-order chi connectivity index (χ1) is 15.7. The maximum atomic E-state index is 13.5. The minimum Gasteiger partial charge on any atom is -0.496 e. The van der Waals surface area contributed by atoms with Crippen molar-refractivity contribution >= 4 is 21.6 Å². The number of methoxy groups -OCH3 is 1. The molecule has 0 bridgehead atoms. The Balaban J connectivity index is 1.87. The van der Waals surface area contributed by atoms with Crippen LogP contribution >= 0.6 is 0 Å². The molecule has 174 valence electrons. The van der Waals surface area contributed by atoms with Crippen molar-refractivity contribution < 1.29 is 17.9 Å². The van der Waals surface area contributed by atoms with Crippen LogP contribution in [0.1, 0.15) is 22.3 Å². The molecule has 3 rings (SSSR count). The van der Waals surface area contributed by atoms with Gasteiger partial charge in [0, 0.05) is 12.2 Å². The molecule has 0 aliphatic carbocycles. The fourth-order valence-electron chi connectivity index (χ4n) is 3.58. The number of sulfonamides is 1. The Bertz CT molecular complexity index is 1220. The number of amides is 1. The molecule has 0 spiro atoms. The second-order valence-corrected chi connectivity index (χ2v) is 9.94. The predicted molar refractivity (Wildman–Crippen MR) is 131 cm³/mol. The summed E-state index contributed by atoms with van der Waals surface area (Å²) in [6.45, 7) is 5.58. The molecular weight excluding hydrogens is 436 g/mol. The Labute approximate surface area is 196 Å². The molecule has 0 heterocycles. The van der Waals surface area contributed by atoms with Gasteiger partial charge < -0.3 is 10.1 Å². The molecule has 1 amide bonds. The normalized spacial score (nSPS) is 11.4. The Morgan fingerprint density at radius 2 is 1.67 bits per heavy atom. The molecule has 3 aromatic carbocycles. The lowest BCUT2D eigenvalue weighted by atomic mass is 10.1. The highest BCUT2D eigenvalue weighted by molar-refractivity contribution is 7.89. The summed E-state index contributed by atoms with van der Waals surface area (Å²) in [7, 11) is -2.37. The molecule has 1 N–H and O–H groups in total. The van der Waals surface area contributed by atoms with E-state index in [1.165, 1.54) is 10.4 Å². The molecule has 0 aromatic heterocycles. The predicted octanol–water partition coefficient (Wildman–Crippen LogP) is 4.49. The number of benzene rings is 3. The van der Waals surface area contributed by atoms with Crippen LogP contribution in [0.3, 0.4) is 0 Å². The van der Waals surface area contributed by atoms with Gasteiger partial charge in [-0.2, -0.15) is 4.31 Å². The van der Waals surface area contributed by atoms with Gasteiger partial charge >= 0.3 is 0 Å². The number of anilines is 1. The van der Waals surface area contributed by atoms with Crippen molar-refractivity contribution in [2.75, 3.05) is 25.5 Å². The number of rotatable bonds is 9. The maximum absolute atomic E-state index is 13.5. The average Bonchev–Trinajstić information content (AvgIpc) is 2.80. The van der Waals surface area contributed by atoms with Gasteiger partial charge in [0.2, 0.25) is 15.9 Å². The van der Waals surface area contributed by atoms with Gasteiger partial charge in [-0.25, -0.2) is 8.42 Å².